The van der Waals surface area contributed by atoms with Crippen molar-refractivity contribution in [3.05, 3.63) is 59.1 Å². The number of nitrogens with one attached hydrogen (secondary N) is 1. The van der Waals surface area contributed by atoms with Gasteiger partial charge in [0.05, 0.1) is 25.1 Å². The van der Waals surface area contributed by atoms with E-state index in [9.17, 15) is 4.79 Å². The van der Waals surface area contributed by atoms with Gasteiger partial charge in [0.1, 0.15) is 12.4 Å². The van der Waals surface area contributed by atoms with E-state index in [4.69, 9.17) is 10.5 Å². The molecule has 26 heavy (non-hydrogen) atoms. The standard InChI is InChI=1S/C18H19N5O2S/c19-18-22-15-10-21-16(24)9-14(17(15)26-18)12-1-3-13(4-2-12)25-8-7-23-6-5-20-11-23/h1-6,11,14H,7-10H2,(H2,19,22)(H,21,24)/t14-/m1/s1. The summed E-state index contributed by atoms with van der Waals surface area (Å²) in [5, 5.41) is 3.42. The topological polar surface area (TPSA) is 95.1 Å². The van der Waals surface area contributed by atoms with Crippen molar-refractivity contribution < 1.29 is 9.53 Å². The molecule has 0 fully saturated rings. The molecule has 0 unspecified atom stereocenters. The zero-order chi connectivity index (χ0) is 17.9. The van der Waals surface area contributed by atoms with E-state index in [2.05, 4.69) is 15.3 Å². The number of amides is 1. The van der Waals surface area contributed by atoms with Crippen LogP contribution in [-0.4, -0.2) is 27.0 Å². The predicted octanol–water partition coefficient (Wildman–Crippen LogP) is 2.15. The maximum atomic E-state index is 12.0. The molecule has 0 radical (unpaired) electrons. The number of hydrogen-bond donors (Lipinski definition) is 2. The Labute approximate surface area is 154 Å². The summed E-state index contributed by atoms with van der Waals surface area (Å²) >= 11 is 1.46. The highest BCUT2D eigenvalue weighted by molar-refractivity contribution is 7.15. The molecule has 0 bridgehead atoms. The summed E-state index contributed by atoms with van der Waals surface area (Å²) < 4.78 is 7.75. The minimum Gasteiger partial charge on any atom is -0.492 e. The van der Waals surface area contributed by atoms with Crippen molar-refractivity contribution in [1.82, 2.24) is 19.9 Å². The second-order valence-electron chi connectivity index (χ2n) is 6.11. The van der Waals surface area contributed by atoms with E-state index in [0.29, 0.717) is 24.7 Å². The number of fused-ring (bicyclic) bond motifs is 1. The monoisotopic (exact) mass is 369 g/mol. The summed E-state index contributed by atoms with van der Waals surface area (Å²) in [6.07, 6.45) is 5.82. The van der Waals surface area contributed by atoms with Crippen LogP contribution in [0.2, 0.25) is 0 Å². The number of anilines is 1. The molecule has 1 aliphatic heterocycles. The highest BCUT2D eigenvalue weighted by atomic mass is 32.1. The lowest BCUT2D eigenvalue weighted by Crippen LogP contribution is -2.21. The molecule has 8 heteroatoms. The lowest BCUT2D eigenvalue weighted by atomic mass is 9.93. The van der Waals surface area contributed by atoms with Crippen LogP contribution in [-0.2, 0) is 17.9 Å². The number of nitrogens with zero attached hydrogens (tertiary/aromatic N) is 3. The van der Waals surface area contributed by atoms with E-state index in [-0.39, 0.29) is 11.8 Å². The SMILES string of the molecule is Nc1nc2c(s1)[C@@H](c1ccc(OCCn3ccnc3)cc1)CC(=O)NC2. The molecule has 0 saturated carbocycles. The molecule has 134 valence electrons. The predicted molar refractivity (Wildman–Crippen MR) is 99.0 cm³/mol. The Bertz CT molecular complexity index is 889. The number of hydrogen-bond acceptors (Lipinski definition) is 6. The van der Waals surface area contributed by atoms with Gasteiger partial charge in [0.15, 0.2) is 5.13 Å². The molecule has 0 aliphatic carbocycles. The highest BCUT2D eigenvalue weighted by Gasteiger charge is 2.27. The van der Waals surface area contributed by atoms with Gasteiger partial charge in [-0.15, -0.1) is 11.3 Å². The third-order valence-electron chi connectivity index (χ3n) is 4.36. The zero-order valence-electron chi connectivity index (χ0n) is 14.1. The first-order valence-corrected chi connectivity index (χ1v) is 9.21. The van der Waals surface area contributed by atoms with Gasteiger partial charge in [-0.05, 0) is 17.7 Å². The first-order valence-electron chi connectivity index (χ1n) is 8.39. The fraction of sp³-hybridized carbons (Fsp3) is 0.278. The summed E-state index contributed by atoms with van der Waals surface area (Å²) in [5.41, 5.74) is 7.80. The summed E-state index contributed by atoms with van der Waals surface area (Å²) in [6.45, 7) is 1.75. The van der Waals surface area contributed by atoms with Gasteiger partial charge < -0.3 is 20.4 Å². The molecule has 1 aromatic carbocycles. The third kappa shape index (κ3) is 3.55. The fourth-order valence-electron chi connectivity index (χ4n) is 3.07. The first kappa shape index (κ1) is 16.6. The van der Waals surface area contributed by atoms with Crippen molar-refractivity contribution in [1.29, 1.82) is 0 Å². The number of ether oxygens (including phenoxy) is 1. The average molecular weight is 369 g/mol. The Morgan fingerprint density at radius 1 is 1.35 bits per heavy atom. The number of aromatic nitrogens is 3. The van der Waals surface area contributed by atoms with Gasteiger partial charge in [-0.1, -0.05) is 12.1 Å². The number of benzene rings is 1. The van der Waals surface area contributed by atoms with E-state index in [1.165, 1.54) is 11.3 Å². The summed E-state index contributed by atoms with van der Waals surface area (Å²) in [7, 11) is 0. The normalized spacial score (nSPS) is 16.6. The summed E-state index contributed by atoms with van der Waals surface area (Å²) in [4.78, 5) is 21.5. The molecule has 3 N–H and O–H groups in total. The third-order valence-corrected chi connectivity index (χ3v) is 5.40. The van der Waals surface area contributed by atoms with Gasteiger partial charge in [0.25, 0.3) is 0 Å². The lowest BCUT2D eigenvalue weighted by molar-refractivity contribution is -0.121. The molecule has 3 aromatic rings. The number of nitrogens with two attached hydrogens (primary N) is 1. The Kier molecular flexibility index (Phi) is 4.57. The molecule has 2 aromatic heterocycles. The van der Waals surface area contributed by atoms with Crippen LogP contribution in [0.5, 0.6) is 5.75 Å². The Hall–Kier alpha value is -2.87. The number of nitrogen functional groups attached to an aromatic ring is 1. The molecule has 0 spiro atoms. The van der Waals surface area contributed by atoms with E-state index in [1.54, 1.807) is 12.5 Å². The second-order valence-corrected chi connectivity index (χ2v) is 7.18. The van der Waals surface area contributed by atoms with Crippen LogP contribution in [0.25, 0.3) is 0 Å². The maximum Gasteiger partial charge on any atom is 0.221 e. The van der Waals surface area contributed by atoms with Crippen molar-refractivity contribution in [2.75, 3.05) is 12.3 Å². The number of carbonyl (C=O) groups is 1. The van der Waals surface area contributed by atoms with Crippen LogP contribution in [0.4, 0.5) is 5.13 Å². The van der Waals surface area contributed by atoms with Crippen molar-refractivity contribution in [3.8, 4) is 5.75 Å². The van der Waals surface area contributed by atoms with Gasteiger partial charge in [0, 0.05) is 29.6 Å². The summed E-state index contributed by atoms with van der Waals surface area (Å²) in [6, 6.07) is 7.90. The van der Waals surface area contributed by atoms with Crippen LogP contribution in [0, 0.1) is 0 Å². The van der Waals surface area contributed by atoms with Crippen LogP contribution in [0.15, 0.2) is 43.0 Å². The highest BCUT2D eigenvalue weighted by Crippen LogP contribution is 2.37. The molecule has 4 rings (SSSR count). The molecular weight excluding hydrogens is 350 g/mol. The molecular formula is C18H19N5O2S. The molecule has 1 amide bonds. The van der Waals surface area contributed by atoms with Gasteiger partial charge >= 0.3 is 0 Å². The van der Waals surface area contributed by atoms with Crippen molar-refractivity contribution in [3.63, 3.8) is 0 Å². The van der Waals surface area contributed by atoms with E-state index in [1.807, 2.05) is 35.0 Å². The van der Waals surface area contributed by atoms with Gasteiger partial charge in [-0.25, -0.2) is 9.97 Å². The average Bonchev–Trinajstić information content (AvgIpc) is 3.25. The molecule has 1 aliphatic rings. The molecule has 1 atom stereocenters. The molecule has 7 nitrogen and oxygen atoms in total. The quantitative estimate of drug-likeness (QED) is 0.719. The minimum atomic E-state index is -0.0256. The van der Waals surface area contributed by atoms with E-state index >= 15 is 0 Å². The number of imidazole rings is 1. The van der Waals surface area contributed by atoms with Crippen molar-refractivity contribution >= 4 is 22.4 Å². The molecule has 3 heterocycles. The van der Waals surface area contributed by atoms with Crippen LogP contribution >= 0.6 is 11.3 Å². The first-order chi connectivity index (χ1) is 12.7. The van der Waals surface area contributed by atoms with Gasteiger partial charge in [0.2, 0.25) is 5.91 Å². The van der Waals surface area contributed by atoms with E-state index in [0.717, 1.165) is 28.4 Å². The van der Waals surface area contributed by atoms with E-state index < -0.39 is 0 Å². The Balaban J connectivity index is 1.47. The van der Waals surface area contributed by atoms with Crippen LogP contribution in [0.3, 0.4) is 0 Å². The number of thiazole rings is 1. The smallest absolute Gasteiger partial charge is 0.221 e. The number of carbonyl (C=O) groups excluding carboxylic acids is 1. The van der Waals surface area contributed by atoms with Crippen LogP contribution in [0.1, 0.15) is 28.5 Å². The second kappa shape index (κ2) is 7.17. The van der Waals surface area contributed by atoms with Crippen molar-refractivity contribution in [2.24, 2.45) is 0 Å². The van der Waals surface area contributed by atoms with Crippen molar-refractivity contribution in [2.45, 2.75) is 25.4 Å². The fourth-order valence-corrected chi connectivity index (χ4v) is 4.05. The Morgan fingerprint density at radius 2 is 2.19 bits per heavy atom. The minimum absolute atomic E-state index is 0.0256. The number of rotatable bonds is 5. The molecule has 0 saturated heterocycles. The van der Waals surface area contributed by atoms with Crippen LogP contribution < -0.4 is 15.8 Å². The Morgan fingerprint density at radius 3 is 2.96 bits per heavy atom. The largest absolute Gasteiger partial charge is 0.492 e. The van der Waals surface area contributed by atoms with Gasteiger partial charge in [-0.3, -0.25) is 4.79 Å². The lowest BCUT2D eigenvalue weighted by Gasteiger charge is -2.14. The summed E-state index contributed by atoms with van der Waals surface area (Å²) in [5.74, 6) is 0.803. The van der Waals surface area contributed by atoms with Gasteiger partial charge in [-0.2, -0.15) is 0 Å². The zero-order valence-corrected chi connectivity index (χ0v) is 14.9. The maximum absolute atomic E-state index is 12.0.